The molecule has 0 bridgehead atoms. The lowest BCUT2D eigenvalue weighted by atomic mass is 9.81. The van der Waals surface area contributed by atoms with E-state index < -0.39 is 0 Å². The fourth-order valence-corrected chi connectivity index (χ4v) is 6.65. The maximum absolute atomic E-state index is 3.77. The highest BCUT2D eigenvalue weighted by Crippen LogP contribution is 2.51. The van der Waals surface area contributed by atoms with Crippen molar-refractivity contribution in [3.05, 3.63) is 131 Å². The van der Waals surface area contributed by atoms with Gasteiger partial charge < -0.3 is 5.32 Å². The fraction of sp³-hybridized carbons (Fsp3) is 0.167. The number of hydrogen-bond acceptors (Lipinski definition) is 1. The average molecular weight is 478 g/mol. The zero-order chi connectivity index (χ0) is 25.4. The van der Waals surface area contributed by atoms with Crippen LogP contribution in [0.5, 0.6) is 0 Å². The zero-order valence-corrected chi connectivity index (χ0v) is 21.9. The molecule has 37 heavy (non-hydrogen) atoms. The van der Waals surface area contributed by atoms with Crippen molar-refractivity contribution < 1.29 is 0 Å². The summed E-state index contributed by atoms with van der Waals surface area (Å²) >= 11 is 0. The van der Waals surface area contributed by atoms with Gasteiger partial charge in [-0.3, -0.25) is 0 Å². The Morgan fingerprint density at radius 3 is 1.57 bits per heavy atom. The molecule has 0 heterocycles. The second-order valence-corrected chi connectivity index (χ2v) is 11.5. The van der Waals surface area contributed by atoms with Crippen LogP contribution in [0.4, 0.5) is 11.4 Å². The largest absolute Gasteiger partial charge is 0.355 e. The monoisotopic (exact) mass is 477 g/mol. The standard InChI is InChI=1S/C36H31N/c1-35(2)30-14-8-5-12-26(30)28-19-17-23(21-32(28)35)25-11-7-10-16-34(25)37-24-18-20-29-27-13-6-9-15-31(27)36(3,4)33(29)22-24/h5-22,37H,1-4H3. The molecule has 0 atom stereocenters. The molecule has 7 rings (SSSR count). The molecule has 0 aromatic heterocycles. The Hall–Kier alpha value is -4.10. The molecule has 0 spiro atoms. The highest BCUT2D eigenvalue weighted by atomic mass is 14.9. The Kier molecular flexibility index (Phi) is 4.60. The Bertz CT molecular complexity index is 1700. The van der Waals surface area contributed by atoms with Gasteiger partial charge in [-0.2, -0.15) is 0 Å². The fourth-order valence-electron chi connectivity index (χ4n) is 6.65. The second-order valence-electron chi connectivity index (χ2n) is 11.5. The molecular weight excluding hydrogens is 446 g/mol. The van der Waals surface area contributed by atoms with E-state index in [9.17, 15) is 0 Å². The average Bonchev–Trinajstić information content (AvgIpc) is 3.29. The number of hydrogen-bond donors (Lipinski definition) is 1. The third-order valence-corrected chi connectivity index (χ3v) is 8.68. The van der Waals surface area contributed by atoms with Crippen molar-refractivity contribution in [1.29, 1.82) is 0 Å². The van der Waals surface area contributed by atoms with Gasteiger partial charge in [0, 0.05) is 27.8 Å². The lowest BCUT2D eigenvalue weighted by Crippen LogP contribution is -2.15. The van der Waals surface area contributed by atoms with Gasteiger partial charge in [0.05, 0.1) is 0 Å². The van der Waals surface area contributed by atoms with Gasteiger partial charge in [-0.15, -0.1) is 0 Å². The van der Waals surface area contributed by atoms with E-state index in [0.717, 1.165) is 11.4 Å². The SMILES string of the molecule is CC1(C)c2ccccc2-c2ccc(Nc3ccccc3-c3ccc4c(c3)C(C)(C)c3ccccc3-4)cc21. The number of para-hydroxylation sites is 1. The molecule has 0 aliphatic heterocycles. The van der Waals surface area contributed by atoms with Crippen LogP contribution >= 0.6 is 0 Å². The first-order valence-electron chi connectivity index (χ1n) is 13.2. The molecule has 0 unspecified atom stereocenters. The van der Waals surface area contributed by atoms with Crippen LogP contribution < -0.4 is 5.32 Å². The Labute approximate surface area is 219 Å². The summed E-state index contributed by atoms with van der Waals surface area (Å²) in [5.41, 5.74) is 15.7. The number of rotatable bonds is 3. The number of nitrogens with one attached hydrogen (secondary N) is 1. The van der Waals surface area contributed by atoms with E-state index in [0.29, 0.717) is 0 Å². The molecule has 1 N–H and O–H groups in total. The first kappa shape index (κ1) is 22.1. The van der Waals surface area contributed by atoms with Crippen LogP contribution in [-0.2, 0) is 10.8 Å². The topological polar surface area (TPSA) is 12.0 Å². The van der Waals surface area contributed by atoms with Crippen molar-refractivity contribution in [2.45, 2.75) is 38.5 Å². The molecule has 5 aromatic rings. The smallest absolute Gasteiger partial charge is 0.0463 e. The molecule has 1 nitrogen and oxygen atoms in total. The van der Waals surface area contributed by atoms with Crippen LogP contribution in [0.25, 0.3) is 33.4 Å². The van der Waals surface area contributed by atoms with Crippen molar-refractivity contribution in [3.8, 4) is 33.4 Å². The van der Waals surface area contributed by atoms with Crippen LogP contribution in [0.15, 0.2) is 109 Å². The lowest BCUT2D eigenvalue weighted by molar-refractivity contribution is 0.660. The number of benzene rings is 5. The molecule has 2 aliphatic carbocycles. The van der Waals surface area contributed by atoms with Crippen molar-refractivity contribution in [1.82, 2.24) is 0 Å². The van der Waals surface area contributed by atoms with E-state index in [2.05, 4.69) is 142 Å². The van der Waals surface area contributed by atoms with E-state index in [1.54, 1.807) is 0 Å². The molecular formula is C36H31N. The van der Waals surface area contributed by atoms with Crippen LogP contribution in [0.3, 0.4) is 0 Å². The van der Waals surface area contributed by atoms with Gasteiger partial charge in [0.25, 0.3) is 0 Å². The third kappa shape index (κ3) is 3.17. The molecule has 2 aliphatic rings. The second kappa shape index (κ2) is 7.70. The lowest BCUT2D eigenvalue weighted by Gasteiger charge is -2.23. The zero-order valence-electron chi connectivity index (χ0n) is 21.9. The van der Waals surface area contributed by atoms with E-state index >= 15 is 0 Å². The summed E-state index contributed by atoms with van der Waals surface area (Å²) in [7, 11) is 0. The summed E-state index contributed by atoms with van der Waals surface area (Å²) < 4.78 is 0. The van der Waals surface area contributed by atoms with Crippen LogP contribution in [-0.4, -0.2) is 0 Å². The molecule has 1 heteroatoms. The van der Waals surface area contributed by atoms with E-state index in [1.807, 2.05) is 0 Å². The first-order chi connectivity index (χ1) is 17.9. The first-order valence-corrected chi connectivity index (χ1v) is 13.2. The highest BCUT2D eigenvalue weighted by molar-refractivity contribution is 5.88. The summed E-state index contributed by atoms with van der Waals surface area (Å²) in [5.74, 6) is 0. The number of fused-ring (bicyclic) bond motifs is 6. The summed E-state index contributed by atoms with van der Waals surface area (Å²) in [4.78, 5) is 0. The molecule has 0 saturated carbocycles. The van der Waals surface area contributed by atoms with E-state index in [-0.39, 0.29) is 10.8 Å². The van der Waals surface area contributed by atoms with Gasteiger partial charge in [0.1, 0.15) is 0 Å². The maximum atomic E-state index is 3.77. The quantitative estimate of drug-likeness (QED) is 0.273. The van der Waals surface area contributed by atoms with Gasteiger partial charge in [-0.1, -0.05) is 113 Å². The minimum absolute atomic E-state index is 0.00905. The van der Waals surface area contributed by atoms with Gasteiger partial charge >= 0.3 is 0 Å². The number of anilines is 2. The van der Waals surface area contributed by atoms with Crippen LogP contribution in [0.2, 0.25) is 0 Å². The normalized spacial score (nSPS) is 15.5. The summed E-state index contributed by atoms with van der Waals surface area (Å²) in [5, 5.41) is 3.77. The molecule has 0 fully saturated rings. The van der Waals surface area contributed by atoms with Gasteiger partial charge in [0.2, 0.25) is 0 Å². The van der Waals surface area contributed by atoms with Crippen LogP contribution in [0.1, 0.15) is 49.9 Å². The summed E-state index contributed by atoms with van der Waals surface area (Å²) in [6.07, 6.45) is 0. The third-order valence-electron chi connectivity index (χ3n) is 8.68. The maximum Gasteiger partial charge on any atom is 0.0463 e. The van der Waals surface area contributed by atoms with Gasteiger partial charge in [-0.05, 0) is 74.3 Å². The van der Waals surface area contributed by atoms with Gasteiger partial charge in [-0.25, -0.2) is 0 Å². The Balaban J connectivity index is 1.28. The van der Waals surface area contributed by atoms with E-state index in [1.165, 1.54) is 55.6 Å². The van der Waals surface area contributed by atoms with Crippen molar-refractivity contribution in [2.75, 3.05) is 5.32 Å². The highest BCUT2D eigenvalue weighted by Gasteiger charge is 2.36. The Morgan fingerprint density at radius 2 is 0.919 bits per heavy atom. The van der Waals surface area contributed by atoms with Crippen molar-refractivity contribution in [2.24, 2.45) is 0 Å². The predicted octanol–water partition coefficient (Wildman–Crippen LogP) is 9.71. The van der Waals surface area contributed by atoms with Crippen molar-refractivity contribution in [3.63, 3.8) is 0 Å². The summed E-state index contributed by atoms with van der Waals surface area (Å²) in [6, 6.07) is 40.1. The Morgan fingerprint density at radius 1 is 0.432 bits per heavy atom. The van der Waals surface area contributed by atoms with Crippen molar-refractivity contribution >= 4 is 11.4 Å². The summed E-state index contributed by atoms with van der Waals surface area (Å²) in [6.45, 7) is 9.35. The molecule has 0 radical (unpaired) electrons. The molecule has 0 saturated heterocycles. The molecule has 180 valence electrons. The minimum atomic E-state index is -0.0102. The molecule has 0 amide bonds. The predicted molar refractivity (Wildman–Crippen MR) is 157 cm³/mol. The van der Waals surface area contributed by atoms with E-state index in [4.69, 9.17) is 0 Å². The minimum Gasteiger partial charge on any atom is -0.355 e. The van der Waals surface area contributed by atoms with Crippen LogP contribution in [0, 0.1) is 0 Å². The molecule has 5 aromatic carbocycles. The van der Waals surface area contributed by atoms with Gasteiger partial charge in [0.15, 0.2) is 0 Å².